The van der Waals surface area contributed by atoms with Gasteiger partial charge in [-0.05, 0) is 25.1 Å². The summed E-state index contributed by atoms with van der Waals surface area (Å²) in [5.74, 6) is 0.849. The number of aromatic amines is 1. The molecule has 0 aliphatic heterocycles. The molecule has 0 unspecified atom stereocenters. The molecule has 24 heavy (non-hydrogen) atoms. The first-order valence-electron chi connectivity index (χ1n) is 7.40. The number of hydrogen-bond donors (Lipinski definition) is 1. The Morgan fingerprint density at radius 3 is 3.04 bits per heavy atom. The number of aromatic nitrogens is 6. The van der Waals surface area contributed by atoms with E-state index in [-0.39, 0.29) is 0 Å². The minimum atomic E-state index is 0.617. The van der Waals surface area contributed by atoms with E-state index in [1.807, 2.05) is 35.8 Å². The van der Waals surface area contributed by atoms with Crippen LogP contribution in [0.25, 0.3) is 26.9 Å². The second-order valence-electron chi connectivity index (χ2n) is 5.62. The van der Waals surface area contributed by atoms with Crippen LogP contribution in [0.5, 0.6) is 0 Å². The van der Waals surface area contributed by atoms with E-state index >= 15 is 0 Å². The Labute approximate surface area is 145 Å². The molecule has 0 spiro atoms. The van der Waals surface area contributed by atoms with Gasteiger partial charge in [0.05, 0.1) is 29.1 Å². The Bertz CT molecular complexity index is 1190. The number of nitrogens with one attached hydrogen (secondary N) is 1. The topological polar surface area (TPSA) is 71.8 Å². The van der Waals surface area contributed by atoms with Crippen molar-refractivity contribution in [2.45, 2.75) is 13.3 Å². The van der Waals surface area contributed by atoms with Crippen LogP contribution in [0, 0.1) is 6.92 Å². The van der Waals surface area contributed by atoms with Gasteiger partial charge >= 0.3 is 0 Å². The fourth-order valence-electron chi connectivity index (χ4n) is 2.87. The zero-order chi connectivity index (χ0) is 16.3. The van der Waals surface area contributed by atoms with Crippen LogP contribution < -0.4 is 0 Å². The molecule has 0 atom stereocenters. The number of fused-ring (bicyclic) bond motifs is 4. The number of halogens is 1. The van der Waals surface area contributed by atoms with Gasteiger partial charge in [-0.25, -0.2) is 14.5 Å². The van der Waals surface area contributed by atoms with Crippen LogP contribution >= 0.6 is 22.9 Å². The highest BCUT2D eigenvalue weighted by molar-refractivity contribution is 7.16. The van der Waals surface area contributed by atoms with Gasteiger partial charge in [-0.1, -0.05) is 22.9 Å². The van der Waals surface area contributed by atoms with E-state index in [4.69, 9.17) is 11.6 Å². The van der Waals surface area contributed by atoms with Crippen LogP contribution in [0.1, 0.15) is 16.5 Å². The first-order chi connectivity index (χ1) is 11.7. The fourth-order valence-corrected chi connectivity index (χ4v) is 3.79. The van der Waals surface area contributed by atoms with Crippen LogP contribution in [0.2, 0.25) is 5.02 Å². The molecule has 1 aromatic carbocycles. The van der Waals surface area contributed by atoms with E-state index in [9.17, 15) is 0 Å². The van der Waals surface area contributed by atoms with Gasteiger partial charge in [-0.2, -0.15) is 5.10 Å². The van der Waals surface area contributed by atoms with Crippen molar-refractivity contribution in [3.8, 4) is 0 Å². The average molecular weight is 355 g/mol. The highest BCUT2D eigenvalue weighted by atomic mass is 35.5. The molecule has 1 N–H and O–H groups in total. The van der Waals surface area contributed by atoms with Crippen molar-refractivity contribution < 1.29 is 0 Å². The summed E-state index contributed by atoms with van der Waals surface area (Å²) in [5, 5.41) is 7.05. The van der Waals surface area contributed by atoms with Crippen LogP contribution in [-0.4, -0.2) is 29.5 Å². The number of pyridine rings is 1. The number of nitrogens with zero attached hydrogens (tertiary/aromatic N) is 5. The second-order valence-corrected chi connectivity index (χ2v) is 7.22. The Morgan fingerprint density at radius 2 is 2.17 bits per heavy atom. The minimum absolute atomic E-state index is 0.617. The summed E-state index contributed by atoms with van der Waals surface area (Å²) in [7, 11) is 0. The van der Waals surface area contributed by atoms with Crippen molar-refractivity contribution in [1.29, 1.82) is 0 Å². The van der Waals surface area contributed by atoms with Gasteiger partial charge in [0.15, 0.2) is 0 Å². The number of hydrogen-bond acceptors (Lipinski definition) is 5. The minimum Gasteiger partial charge on any atom is -0.341 e. The van der Waals surface area contributed by atoms with Gasteiger partial charge in [0, 0.05) is 16.8 Å². The van der Waals surface area contributed by atoms with Gasteiger partial charge in [-0.15, -0.1) is 0 Å². The third-order valence-corrected chi connectivity index (χ3v) is 4.95. The predicted molar refractivity (Wildman–Crippen MR) is 94.8 cm³/mol. The molecular formula is C16H11ClN6S. The van der Waals surface area contributed by atoms with Gasteiger partial charge in [-0.3, -0.25) is 4.98 Å². The number of rotatable bonds is 2. The molecule has 0 aliphatic carbocycles. The van der Waals surface area contributed by atoms with E-state index < -0.39 is 0 Å². The molecule has 8 heteroatoms. The highest BCUT2D eigenvalue weighted by Crippen LogP contribution is 2.25. The standard InChI is InChI=1S/C16H11ClN6S/c1-8-22-23-7-10(19-16(23)24-8)5-14-20-13-6-18-12-3-2-9(17)4-11(12)15(13)21-14/h2-4,6-7H,5H2,1H3,(H,20,21). The fraction of sp³-hybridized carbons (Fsp3) is 0.125. The first kappa shape index (κ1) is 13.9. The Morgan fingerprint density at radius 1 is 1.25 bits per heavy atom. The van der Waals surface area contributed by atoms with Crippen LogP contribution in [0.15, 0.2) is 30.6 Å². The SMILES string of the molecule is Cc1nn2cc(Cc3nc4cnc5ccc(Cl)cc5c4[nH]3)nc2s1. The van der Waals surface area contributed by atoms with E-state index in [1.54, 1.807) is 17.5 Å². The van der Waals surface area contributed by atoms with Gasteiger partial charge < -0.3 is 4.98 Å². The van der Waals surface area contributed by atoms with Crippen LogP contribution in [-0.2, 0) is 6.42 Å². The maximum atomic E-state index is 6.12. The third-order valence-electron chi connectivity index (χ3n) is 3.88. The lowest BCUT2D eigenvalue weighted by Crippen LogP contribution is -1.90. The Balaban J connectivity index is 1.60. The molecule has 118 valence electrons. The molecule has 4 heterocycles. The summed E-state index contributed by atoms with van der Waals surface area (Å²) in [6.45, 7) is 1.97. The molecule has 6 nitrogen and oxygen atoms in total. The van der Waals surface area contributed by atoms with Crippen molar-refractivity contribution in [3.05, 3.63) is 52.1 Å². The maximum absolute atomic E-state index is 6.12. The van der Waals surface area contributed by atoms with Crippen molar-refractivity contribution in [3.63, 3.8) is 0 Å². The van der Waals surface area contributed by atoms with E-state index in [1.165, 1.54) is 0 Å². The summed E-state index contributed by atoms with van der Waals surface area (Å²) in [6.07, 6.45) is 4.34. The van der Waals surface area contributed by atoms with Crippen LogP contribution in [0.4, 0.5) is 0 Å². The molecule has 0 aliphatic rings. The lowest BCUT2D eigenvalue weighted by molar-refractivity contribution is 0.935. The van der Waals surface area contributed by atoms with Crippen molar-refractivity contribution in [1.82, 2.24) is 29.5 Å². The Kier molecular flexibility index (Phi) is 2.89. The molecule has 0 amide bonds. The monoisotopic (exact) mass is 354 g/mol. The summed E-state index contributed by atoms with van der Waals surface area (Å²) in [6, 6.07) is 5.66. The van der Waals surface area contributed by atoms with E-state index in [0.29, 0.717) is 11.4 Å². The number of aryl methyl sites for hydroxylation is 1. The molecule has 0 radical (unpaired) electrons. The summed E-state index contributed by atoms with van der Waals surface area (Å²) in [5.41, 5.74) is 3.61. The molecule has 0 saturated heterocycles. The number of imidazole rings is 2. The van der Waals surface area contributed by atoms with Gasteiger partial charge in [0.1, 0.15) is 16.3 Å². The normalized spacial score (nSPS) is 11.9. The molecule has 0 fully saturated rings. The molecule has 5 aromatic rings. The maximum Gasteiger partial charge on any atom is 0.212 e. The molecule has 0 saturated carbocycles. The van der Waals surface area contributed by atoms with Gasteiger partial charge in [0.2, 0.25) is 4.96 Å². The average Bonchev–Trinajstić information content (AvgIpc) is 3.19. The smallest absolute Gasteiger partial charge is 0.212 e. The summed E-state index contributed by atoms with van der Waals surface area (Å²) in [4.78, 5) is 18.0. The number of H-pyrrole nitrogens is 1. The lowest BCUT2D eigenvalue weighted by Gasteiger charge is -1.98. The van der Waals surface area contributed by atoms with Gasteiger partial charge in [0.25, 0.3) is 0 Å². The molecule has 4 aromatic heterocycles. The summed E-state index contributed by atoms with van der Waals surface area (Å²) >= 11 is 7.70. The molecule has 5 rings (SSSR count). The lowest BCUT2D eigenvalue weighted by atomic mass is 10.2. The van der Waals surface area contributed by atoms with Crippen LogP contribution in [0.3, 0.4) is 0 Å². The Hall–Kier alpha value is -2.51. The zero-order valence-electron chi connectivity index (χ0n) is 12.6. The van der Waals surface area contributed by atoms with Crippen molar-refractivity contribution in [2.24, 2.45) is 0 Å². The number of benzene rings is 1. The largest absolute Gasteiger partial charge is 0.341 e. The highest BCUT2D eigenvalue weighted by Gasteiger charge is 2.11. The third kappa shape index (κ3) is 2.16. The second kappa shape index (κ2) is 4.99. The molecular weight excluding hydrogens is 344 g/mol. The quantitative estimate of drug-likeness (QED) is 0.524. The first-order valence-corrected chi connectivity index (χ1v) is 8.60. The summed E-state index contributed by atoms with van der Waals surface area (Å²) < 4.78 is 1.81. The molecule has 0 bridgehead atoms. The predicted octanol–water partition coefficient (Wildman–Crippen LogP) is 3.77. The van der Waals surface area contributed by atoms with E-state index in [0.717, 1.165) is 43.4 Å². The zero-order valence-corrected chi connectivity index (χ0v) is 14.2. The van der Waals surface area contributed by atoms with Crippen molar-refractivity contribution >= 4 is 49.8 Å². The van der Waals surface area contributed by atoms with E-state index in [2.05, 4.69) is 25.0 Å². The van der Waals surface area contributed by atoms with Crippen molar-refractivity contribution in [2.75, 3.05) is 0 Å².